The lowest BCUT2D eigenvalue weighted by molar-refractivity contribution is 0.104. The van der Waals surface area contributed by atoms with Crippen LogP contribution in [0, 0.1) is 0 Å². The maximum absolute atomic E-state index is 12.4. The lowest BCUT2D eigenvalue weighted by Gasteiger charge is -2.02. The van der Waals surface area contributed by atoms with E-state index in [9.17, 15) is 4.79 Å². The first kappa shape index (κ1) is 15.0. The van der Waals surface area contributed by atoms with Crippen molar-refractivity contribution in [2.75, 3.05) is 5.32 Å². The lowest BCUT2D eigenvalue weighted by atomic mass is 10.1. The van der Waals surface area contributed by atoms with Crippen molar-refractivity contribution < 1.29 is 4.79 Å². The summed E-state index contributed by atoms with van der Waals surface area (Å²) in [6, 6.07) is 14.2. The highest BCUT2D eigenvalue weighted by molar-refractivity contribution is 7.17. The van der Waals surface area contributed by atoms with Gasteiger partial charge in [-0.2, -0.15) is 0 Å². The molecule has 0 saturated carbocycles. The summed E-state index contributed by atoms with van der Waals surface area (Å²) in [4.78, 5) is 17.2. The molecular formula is C16H10Cl2N2OS. The Kier molecular flexibility index (Phi) is 4.43. The molecule has 3 nitrogen and oxygen atoms in total. The Morgan fingerprint density at radius 2 is 1.77 bits per heavy atom. The van der Waals surface area contributed by atoms with Crippen LogP contribution in [0.5, 0.6) is 0 Å². The van der Waals surface area contributed by atoms with E-state index < -0.39 is 0 Å². The highest BCUT2D eigenvalue weighted by Gasteiger charge is 2.15. The van der Waals surface area contributed by atoms with E-state index in [0.717, 1.165) is 5.69 Å². The number of carbonyl (C=O) groups is 1. The molecule has 22 heavy (non-hydrogen) atoms. The molecule has 0 fully saturated rings. The molecule has 2 aromatic carbocycles. The molecule has 1 aromatic heterocycles. The van der Waals surface area contributed by atoms with Gasteiger partial charge in [0, 0.05) is 16.3 Å². The lowest BCUT2D eigenvalue weighted by Crippen LogP contribution is -1.98. The molecule has 3 rings (SSSR count). The van der Waals surface area contributed by atoms with Crippen molar-refractivity contribution in [3.63, 3.8) is 0 Å². The third-order valence-corrected chi connectivity index (χ3v) is 4.44. The summed E-state index contributed by atoms with van der Waals surface area (Å²) in [5.74, 6) is -0.132. The van der Waals surface area contributed by atoms with E-state index in [1.807, 2.05) is 12.1 Å². The van der Waals surface area contributed by atoms with E-state index in [0.29, 0.717) is 25.6 Å². The minimum absolute atomic E-state index is 0.132. The maximum Gasteiger partial charge on any atom is 0.206 e. The summed E-state index contributed by atoms with van der Waals surface area (Å²) in [6.07, 6.45) is 1.55. The fourth-order valence-electron chi connectivity index (χ4n) is 1.87. The van der Waals surface area contributed by atoms with Gasteiger partial charge < -0.3 is 5.32 Å². The number of thiazole rings is 1. The smallest absolute Gasteiger partial charge is 0.206 e. The Labute approximate surface area is 141 Å². The number of carbonyl (C=O) groups excluding carboxylic acids is 1. The molecule has 0 aliphatic heterocycles. The van der Waals surface area contributed by atoms with Gasteiger partial charge in [0.05, 0.1) is 16.1 Å². The first-order valence-corrected chi connectivity index (χ1v) is 7.98. The Balaban J connectivity index is 1.80. The number of anilines is 2. The summed E-state index contributed by atoms with van der Waals surface area (Å²) < 4.78 is 0. The predicted molar refractivity (Wildman–Crippen MR) is 91.7 cm³/mol. The molecule has 0 amide bonds. The number of aromatic nitrogens is 1. The maximum atomic E-state index is 12.4. The molecule has 3 aromatic rings. The molecule has 0 spiro atoms. The number of nitrogens with zero attached hydrogens (tertiary/aromatic N) is 1. The number of rotatable bonds is 4. The van der Waals surface area contributed by atoms with Gasteiger partial charge in [0.2, 0.25) is 5.78 Å². The molecule has 110 valence electrons. The van der Waals surface area contributed by atoms with Gasteiger partial charge in [-0.25, -0.2) is 4.98 Å². The number of nitrogens with one attached hydrogen (secondary N) is 1. The Bertz CT molecular complexity index is 815. The van der Waals surface area contributed by atoms with Crippen LogP contribution in [-0.4, -0.2) is 10.8 Å². The summed E-state index contributed by atoms with van der Waals surface area (Å²) in [5.41, 5.74) is 1.33. The van der Waals surface area contributed by atoms with Gasteiger partial charge in [0.1, 0.15) is 0 Å². The minimum atomic E-state index is -0.132. The van der Waals surface area contributed by atoms with Gasteiger partial charge in [-0.1, -0.05) is 46.7 Å². The number of hydrogen-bond donors (Lipinski definition) is 1. The van der Waals surface area contributed by atoms with Gasteiger partial charge in [0.25, 0.3) is 0 Å². The molecule has 1 N–H and O–H groups in total. The summed E-state index contributed by atoms with van der Waals surface area (Å²) >= 11 is 13.2. The van der Waals surface area contributed by atoms with E-state index in [2.05, 4.69) is 10.3 Å². The van der Waals surface area contributed by atoms with Crippen LogP contribution in [0.15, 0.2) is 54.7 Å². The molecular weight excluding hydrogens is 339 g/mol. The first-order valence-electron chi connectivity index (χ1n) is 6.41. The third kappa shape index (κ3) is 3.30. The van der Waals surface area contributed by atoms with E-state index in [-0.39, 0.29) is 5.78 Å². The topological polar surface area (TPSA) is 42.0 Å². The monoisotopic (exact) mass is 348 g/mol. The fraction of sp³-hybridized carbons (Fsp3) is 0. The molecule has 1 heterocycles. The van der Waals surface area contributed by atoms with Crippen LogP contribution in [0.25, 0.3) is 0 Å². The molecule has 0 bridgehead atoms. The van der Waals surface area contributed by atoms with E-state index >= 15 is 0 Å². The number of benzene rings is 2. The van der Waals surface area contributed by atoms with E-state index in [1.165, 1.54) is 11.3 Å². The number of hydrogen-bond acceptors (Lipinski definition) is 4. The molecule has 0 radical (unpaired) electrons. The SMILES string of the molecule is O=C(c1cnc(Nc2ccc(Cl)cc2)s1)c1ccccc1Cl. The highest BCUT2D eigenvalue weighted by atomic mass is 35.5. The molecule has 0 unspecified atom stereocenters. The molecule has 0 aliphatic carbocycles. The van der Waals surface area contributed by atoms with Crippen LogP contribution in [0.1, 0.15) is 15.2 Å². The normalized spacial score (nSPS) is 10.5. The van der Waals surface area contributed by atoms with Crippen molar-refractivity contribution in [3.8, 4) is 0 Å². The highest BCUT2D eigenvalue weighted by Crippen LogP contribution is 2.27. The van der Waals surface area contributed by atoms with Crippen molar-refractivity contribution >= 4 is 51.1 Å². The fourth-order valence-corrected chi connectivity index (χ4v) is 3.01. The summed E-state index contributed by atoms with van der Waals surface area (Å²) in [7, 11) is 0. The van der Waals surface area contributed by atoms with Crippen LogP contribution in [0.3, 0.4) is 0 Å². The standard InChI is InChI=1S/C16H10Cl2N2OS/c17-10-5-7-11(8-6-10)20-16-19-9-14(22-16)15(21)12-3-1-2-4-13(12)18/h1-9H,(H,19,20). The van der Waals surface area contributed by atoms with Gasteiger partial charge in [-0.15, -0.1) is 0 Å². The first-order chi connectivity index (χ1) is 10.6. The van der Waals surface area contributed by atoms with Crippen LogP contribution < -0.4 is 5.32 Å². The average molecular weight is 349 g/mol. The molecule has 0 aliphatic rings. The Hall–Kier alpha value is -1.88. The van der Waals surface area contributed by atoms with Crippen LogP contribution in [0.4, 0.5) is 10.8 Å². The van der Waals surface area contributed by atoms with E-state index in [4.69, 9.17) is 23.2 Å². The summed E-state index contributed by atoms with van der Waals surface area (Å²) in [5, 5.41) is 4.88. The van der Waals surface area contributed by atoms with E-state index in [1.54, 1.807) is 42.6 Å². The second-order valence-corrected chi connectivity index (χ2v) is 6.34. The largest absolute Gasteiger partial charge is 0.332 e. The van der Waals surface area contributed by atoms with Crippen LogP contribution >= 0.6 is 34.5 Å². The zero-order chi connectivity index (χ0) is 15.5. The molecule has 6 heteroatoms. The van der Waals surface area contributed by atoms with Gasteiger partial charge in [0.15, 0.2) is 5.13 Å². The minimum Gasteiger partial charge on any atom is -0.332 e. The Morgan fingerprint density at radius 3 is 2.50 bits per heavy atom. The second kappa shape index (κ2) is 6.48. The van der Waals surface area contributed by atoms with Crippen molar-refractivity contribution in [2.24, 2.45) is 0 Å². The van der Waals surface area contributed by atoms with Crippen LogP contribution in [-0.2, 0) is 0 Å². The molecule has 0 atom stereocenters. The molecule has 0 saturated heterocycles. The summed E-state index contributed by atoms with van der Waals surface area (Å²) in [6.45, 7) is 0. The predicted octanol–water partition coefficient (Wildman–Crippen LogP) is 5.42. The Morgan fingerprint density at radius 1 is 1.05 bits per heavy atom. The number of ketones is 1. The van der Waals surface area contributed by atoms with Crippen molar-refractivity contribution in [1.29, 1.82) is 0 Å². The zero-order valence-corrected chi connectivity index (χ0v) is 13.5. The van der Waals surface area contributed by atoms with Crippen molar-refractivity contribution in [1.82, 2.24) is 4.98 Å². The number of halogens is 2. The second-order valence-electron chi connectivity index (χ2n) is 4.47. The van der Waals surface area contributed by atoms with Crippen LogP contribution in [0.2, 0.25) is 10.0 Å². The third-order valence-electron chi connectivity index (χ3n) is 2.94. The van der Waals surface area contributed by atoms with Crippen molar-refractivity contribution in [2.45, 2.75) is 0 Å². The van der Waals surface area contributed by atoms with Gasteiger partial charge in [-0.3, -0.25) is 4.79 Å². The quantitative estimate of drug-likeness (QED) is 0.639. The van der Waals surface area contributed by atoms with Crippen molar-refractivity contribution in [3.05, 3.63) is 75.2 Å². The zero-order valence-electron chi connectivity index (χ0n) is 11.2. The average Bonchev–Trinajstić information content (AvgIpc) is 2.98. The van der Waals surface area contributed by atoms with Gasteiger partial charge >= 0.3 is 0 Å². The van der Waals surface area contributed by atoms with Gasteiger partial charge in [-0.05, 0) is 36.4 Å².